The van der Waals surface area contributed by atoms with Gasteiger partial charge in [0.25, 0.3) is 5.91 Å². The largest absolute Gasteiger partial charge is 0.439 e. The molecule has 1 rings (SSSR count). The van der Waals surface area contributed by atoms with Crippen molar-refractivity contribution in [2.75, 3.05) is 17.6 Å². The van der Waals surface area contributed by atoms with E-state index in [9.17, 15) is 9.59 Å². The highest BCUT2D eigenvalue weighted by molar-refractivity contribution is 14.1. The van der Waals surface area contributed by atoms with E-state index >= 15 is 0 Å². The number of imide groups is 1. The van der Waals surface area contributed by atoms with E-state index in [1.165, 1.54) is 4.90 Å². The van der Waals surface area contributed by atoms with Crippen molar-refractivity contribution >= 4 is 34.6 Å². The van der Waals surface area contributed by atoms with E-state index < -0.39 is 6.09 Å². The lowest BCUT2D eigenvalue weighted by Crippen LogP contribution is -2.30. The molecule has 0 bridgehead atoms. The molecular weight excluding hydrogens is 273 g/mol. The summed E-state index contributed by atoms with van der Waals surface area (Å²) in [6.07, 6.45) is 1.40. The minimum absolute atomic E-state index is 0.0803. The molecule has 5 heteroatoms. The van der Waals surface area contributed by atoms with Crippen LogP contribution >= 0.6 is 22.6 Å². The van der Waals surface area contributed by atoms with Crippen molar-refractivity contribution in [1.82, 2.24) is 4.90 Å². The number of halogens is 1. The van der Waals surface area contributed by atoms with Crippen molar-refractivity contribution in [3.63, 3.8) is 0 Å². The Kier molecular flexibility index (Phi) is 3.77. The van der Waals surface area contributed by atoms with Gasteiger partial charge in [-0.3, -0.25) is 4.79 Å². The van der Waals surface area contributed by atoms with Crippen LogP contribution in [0.1, 0.15) is 12.8 Å². The molecule has 1 fully saturated rings. The minimum Gasteiger partial charge on any atom is -0.439 e. The molecule has 4 nitrogen and oxygen atoms in total. The first-order valence-corrected chi connectivity index (χ1v) is 5.31. The molecule has 68 valence electrons. The molecule has 0 spiro atoms. The van der Waals surface area contributed by atoms with Gasteiger partial charge >= 0.3 is 6.09 Å². The third kappa shape index (κ3) is 2.33. The van der Waals surface area contributed by atoms with E-state index in [0.29, 0.717) is 6.54 Å². The van der Waals surface area contributed by atoms with Crippen LogP contribution in [0.4, 0.5) is 4.79 Å². The highest BCUT2D eigenvalue weighted by Crippen LogP contribution is 2.07. The SMILES string of the molecule is O=C1COC(=O)N1CCCCI. The summed E-state index contributed by atoms with van der Waals surface area (Å²) in [5, 5.41) is 0. The van der Waals surface area contributed by atoms with Crippen LogP contribution in [0.2, 0.25) is 0 Å². The molecule has 0 radical (unpaired) electrons. The number of hydrogen-bond acceptors (Lipinski definition) is 3. The quantitative estimate of drug-likeness (QED) is 0.442. The fourth-order valence-corrected chi connectivity index (χ4v) is 1.50. The van der Waals surface area contributed by atoms with E-state index in [2.05, 4.69) is 27.3 Å². The number of rotatable bonds is 4. The molecule has 0 atom stereocenters. The van der Waals surface area contributed by atoms with Crippen LogP contribution in [0.25, 0.3) is 0 Å². The second kappa shape index (κ2) is 4.64. The number of ether oxygens (including phenoxy) is 1. The van der Waals surface area contributed by atoms with Crippen molar-refractivity contribution in [3.8, 4) is 0 Å². The van der Waals surface area contributed by atoms with Crippen LogP contribution in [0.5, 0.6) is 0 Å². The summed E-state index contributed by atoms with van der Waals surface area (Å²) in [6, 6.07) is 0. The fourth-order valence-electron chi connectivity index (χ4n) is 0.962. The van der Waals surface area contributed by atoms with Gasteiger partial charge in [-0.2, -0.15) is 0 Å². The summed E-state index contributed by atoms with van der Waals surface area (Å²) in [5.74, 6) is -0.214. The fraction of sp³-hybridized carbons (Fsp3) is 0.714. The number of cyclic esters (lactones) is 1. The van der Waals surface area contributed by atoms with Gasteiger partial charge in [0.05, 0.1) is 0 Å². The lowest BCUT2D eigenvalue weighted by molar-refractivity contribution is -0.125. The molecule has 0 aliphatic carbocycles. The van der Waals surface area contributed by atoms with Crippen LogP contribution in [0, 0.1) is 0 Å². The van der Waals surface area contributed by atoms with E-state index in [1.807, 2.05) is 0 Å². The first-order valence-electron chi connectivity index (χ1n) is 3.79. The number of nitrogens with zero attached hydrogens (tertiary/aromatic N) is 1. The van der Waals surface area contributed by atoms with Gasteiger partial charge in [-0.1, -0.05) is 22.6 Å². The molecule has 1 heterocycles. The maximum atomic E-state index is 11.0. The third-order valence-corrected chi connectivity index (χ3v) is 2.37. The Balaban J connectivity index is 2.30. The summed E-state index contributed by atoms with van der Waals surface area (Å²) in [4.78, 5) is 23.0. The smallest absolute Gasteiger partial charge is 0.417 e. The van der Waals surface area contributed by atoms with Gasteiger partial charge in [-0.15, -0.1) is 0 Å². The van der Waals surface area contributed by atoms with Crippen molar-refractivity contribution in [3.05, 3.63) is 0 Å². The average molecular weight is 283 g/mol. The first kappa shape index (κ1) is 9.76. The first-order chi connectivity index (χ1) is 5.75. The predicted octanol–water partition coefficient (Wildman–Crippen LogP) is 1.18. The molecule has 1 aliphatic heterocycles. The highest BCUT2D eigenvalue weighted by Gasteiger charge is 2.29. The van der Waals surface area contributed by atoms with Crippen LogP contribution in [-0.4, -0.2) is 34.5 Å². The number of alkyl halides is 1. The second-order valence-electron chi connectivity index (χ2n) is 2.50. The molecule has 0 aromatic rings. The average Bonchev–Trinajstić information content (AvgIpc) is 2.35. The van der Waals surface area contributed by atoms with Crippen molar-refractivity contribution in [2.24, 2.45) is 0 Å². The summed E-state index contributed by atoms with van der Waals surface area (Å²) in [6.45, 7) is 0.420. The van der Waals surface area contributed by atoms with Crippen molar-refractivity contribution in [2.45, 2.75) is 12.8 Å². The van der Waals surface area contributed by atoms with Crippen LogP contribution in [0.3, 0.4) is 0 Å². The monoisotopic (exact) mass is 283 g/mol. The van der Waals surface area contributed by atoms with Gasteiger partial charge in [0.1, 0.15) is 0 Å². The van der Waals surface area contributed by atoms with E-state index in [0.717, 1.165) is 17.3 Å². The van der Waals surface area contributed by atoms with Gasteiger partial charge in [-0.25, -0.2) is 9.69 Å². The summed E-state index contributed by atoms with van der Waals surface area (Å²) in [5.41, 5.74) is 0. The molecule has 0 aromatic heterocycles. The summed E-state index contributed by atoms with van der Waals surface area (Å²) < 4.78 is 5.59. The van der Waals surface area contributed by atoms with E-state index in [1.54, 1.807) is 0 Å². The third-order valence-electron chi connectivity index (χ3n) is 1.61. The Morgan fingerprint density at radius 3 is 2.67 bits per heavy atom. The Labute approximate surface area is 84.4 Å². The lowest BCUT2D eigenvalue weighted by atomic mass is 10.3. The maximum absolute atomic E-state index is 11.0. The Bertz CT molecular complexity index is 179. The second-order valence-corrected chi connectivity index (χ2v) is 3.57. The Hall–Kier alpha value is -0.330. The van der Waals surface area contributed by atoms with Gasteiger partial charge in [0.2, 0.25) is 0 Å². The van der Waals surface area contributed by atoms with Gasteiger partial charge in [0, 0.05) is 6.54 Å². The number of carbonyl (C=O) groups is 2. The molecule has 0 N–H and O–H groups in total. The minimum atomic E-state index is -0.492. The van der Waals surface area contributed by atoms with Gasteiger partial charge in [0.15, 0.2) is 6.61 Å². The number of hydrogen-bond donors (Lipinski definition) is 0. The normalized spacial score (nSPS) is 16.9. The van der Waals surface area contributed by atoms with Gasteiger partial charge < -0.3 is 4.74 Å². The van der Waals surface area contributed by atoms with Crippen LogP contribution < -0.4 is 0 Å². The molecule has 0 saturated carbocycles. The lowest BCUT2D eigenvalue weighted by Gasteiger charge is -2.08. The summed E-state index contributed by atoms with van der Waals surface area (Å²) in [7, 11) is 0. The summed E-state index contributed by atoms with van der Waals surface area (Å²) >= 11 is 2.26. The molecule has 1 aliphatic rings. The number of carbonyl (C=O) groups excluding carboxylic acids is 2. The molecule has 12 heavy (non-hydrogen) atoms. The standard InChI is InChI=1S/C7H10INO3/c8-3-1-2-4-9-6(10)5-12-7(9)11/h1-5H2. The van der Waals surface area contributed by atoms with Gasteiger partial charge in [-0.05, 0) is 17.3 Å². The zero-order valence-corrected chi connectivity index (χ0v) is 8.74. The van der Waals surface area contributed by atoms with E-state index in [-0.39, 0.29) is 12.5 Å². The van der Waals surface area contributed by atoms with Crippen LogP contribution in [-0.2, 0) is 9.53 Å². The molecule has 1 saturated heterocycles. The zero-order valence-electron chi connectivity index (χ0n) is 6.59. The predicted molar refractivity (Wildman–Crippen MR) is 51.2 cm³/mol. The molecule has 0 aromatic carbocycles. The number of unbranched alkanes of at least 4 members (excludes halogenated alkanes) is 1. The Morgan fingerprint density at radius 2 is 2.17 bits per heavy atom. The van der Waals surface area contributed by atoms with Crippen molar-refractivity contribution < 1.29 is 14.3 Å². The molecule has 2 amide bonds. The number of amides is 2. The van der Waals surface area contributed by atoms with Crippen molar-refractivity contribution in [1.29, 1.82) is 0 Å². The molecular formula is C7H10INO3. The maximum Gasteiger partial charge on any atom is 0.417 e. The highest BCUT2D eigenvalue weighted by atomic mass is 127. The van der Waals surface area contributed by atoms with E-state index in [4.69, 9.17) is 0 Å². The Morgan fingerprint density at radius 1 is 1.42 bits per heavy atom. The topological polar surface area (TPSA) is 46.6 Å². The molecule has 0 unspecified atom stereocenters. The van der Waals surface area contributed by atoms with Crippen LogP contribution in [0.15, 0.2) is 0 Å². The zero-order chi connectivity index (χ0) is 8.97.